The molecule has 0 N–H and O–H groups in total. The van der Waals surface area contributed by atoms with Crippen molar-refractivity contribution in [1.82, 2.24) is 24.6 Å². The maximum Gasteiger partial charge on any atom is 0.225 e. The van der Waals surface area contributed by atoms with E-state index >= 15 is 0 Å². The van der Waals surface area contributed by atoms with E-state index in [1.807, 2.05) is 24.1 Å². The molecule has 3 rings (SSSR count). The minimum absolute atomic E-state index is 0.254. The number of nitrogens with zero attached hydrogens (tertiary/aromatic N) is 6. The monoisotopic (exact) mass is 304 g/mol. The lowest BCUT2D eigenvalue weighted by atomic mass is 10.0. The van der Waals surface area contributed by atoms with Crippen molar-refractivity contribution in [2.45, 2.75) is 24.9 Å². The summed E-state index contributed by atoms with van der Waals surface area (Å²) in [4.78, 5) is 12.7. The Morgan fingerprint density at radius 3 is 2.59 bits per heavy atom. The van der Waals surface area contributed by atoms with E-state index < -0.39 is 5.82 Å². The molecule has 0 radical (unpaired) electrons. The van der Waals surface area contributed by atoms with Crippen LogP contribution in [0.2, 0.25) is 0 Å². The summed E-state index contributed by atoms with van der Waals surface area (Å²) in [7, 11) is 6.11. The van der Waals surface area contributed by atoms with Gasteiger partial charge in [-0.1, -0.05) is 0 Å². The van der Waals surface area contributed by atoms with Crippen molar-refractivity contribution < 1.29 is 4.39 Å². The highest BCUT2D eigenvalue weighted by molar-refractivity contribution is 5.35. The SMILES string of the molecule is CN(C)[C@@H]1CCN(c2ncc(F)cn2)[C@H]1Cc1cnn(C)c1. The number of hydrogen-bond donors (Lipinski definition) is 0. The molecule has 2 atom stereocenters. The van der Waals surface area contributed by atoms with Crippen LogP contribution in [-0.4, -0.2) is 57.4 Å². The third kappa shape index (κ3) is 2.94. The molecular formula is C15H21FN6. The summed E-state index contributed by atoms with van der Waals surface area (Å²) in [6, 6.07) is 0.665. The first-order valence-corrected chi connectivity index (χ1v) is 7.42. The van der Waals surface area contributed by atoms with Gasteiger partial charge in [-0.3, -0.25) is 4.68 Å². The molecule has 0 bridgehead atoms. The minimum atomic E-state index is -0.407. The highest BCUT2D eigenvalue weighted by Gasteiger charge is 2.37. The van der Waals surface area contributed by atoms with Gasteiger partial charge in [0.2, 0.25) is 5.95 Å². The maximum atomic E-state index is 13.1. The Morgan fingerprint density at radius 2 is 2.00 bits per heavy atom. The zero-order chi connectivity index (χ0) is 15.7. The van der Waals surface area contributed by atoms with Crippen molar-refractivity contribution in [2.24, 2.45) is 7.05 Å². The third-order valence-electron chi connectivity index (χ3n) is 4.24. The molecule has 2 aromatic rings. The summed E-state index contributed by atoms with van der Waals surface area (Å²) in [5.74, 6) is 0.190. The molecule has 2 aromatic heterocycles. The van der Waals surface area contributed by atoms with E-state index in [2.05, 4.69) is 39.0 Å². The predicted octanol–water partition coefficient (Wildman–Crippen LogP) is 1.10. The first kappa shape index (κ1) is 14.9. The van der Waals surface area contributed by atoms with Gasteiger partial charge >= 0.3 is 0 Å². The predicted molar refractivity (Wildman–Crippen MR) is 82.1 cm³/mol. The zero-order valence-electron chi connectivity index (χ0n) is 13.1. The molecule has 118 valence electrons. The highest BCUT2D eigenvalue weighted by Crippen LogP contribution is 2.27. The van der Waals surface area contributed by atoms with Crippen LogP contribution < -0.4 is 4.90 Å². The van der Waals surface area contributed by atoms with Gasteiger partial charge < -0.3 is 9.80 Å². The smallest absolute Gasteiger partial charge is 0.225 e. The Morgan fingerprint density at radius 1 is 1.27 bits per heavy atom. The van der Waals surface area contributed by atoms with Gasteiger partial charge in [0, 0.05) is 25.8 Å². The van der Waals surface area contributed by atoms with E-state index in [0.717, 1.165) is 19.4 Å². The van der Waals surface area contributed by atoms with Gasteiger partial charge in [0.25, 0.3) is 0 Å². The molecule has 0 unspecified atom stereocenters. The summed E-state index contributed by atoms with van der Waals surface area (Å²) in [6.07, 6.45) is 8.30. The first-order chi connectivity index (χ1) is 10.5. The fourth-order valence-electron chi connectivity index (χ4n) is 3.21. The molecule has 0 spiro atoms. The van der Waals surface area contributed by atoms with Crippen LogP contribution in [0.4, 0.5) is 10.3 Å². The number of aryl methyl sites for hydroxylation is 1. The zero-order valence-corrected chi connectivity index (χ0v) is 13.1. The lowest BCUT2D eigenvalue weighted by Gasteiger charge is -2.31. The van der Waals surface area contributed by atoms with Crippen molar-refractivity contribution >= 4 is 5.95 Å². The van der Waals surface area contributed by atoms with Crippen LogP contribution in [0.5, 0.6) is 0 Å². The van der Waals surface area contributed by atoms with E-state index in [-0.39, 0.29) is 6.04 Å². The van der Waals surface area contributed by atoms with E-state index in [9.17, 15) is 4.39 Å². The summed E-state index contributed by atoms with van der Waals surface area (Å²) in [5, 5.41) is 4.24. The molecule has 0 aliphatic carbocycles. The van der Waals surface area contributed by atoms with Gasteiger partial charge in [0.1, 0.15) is 0 Å². The molecule has 6 nitrogen and oxygen atoms in total. The normalized spacial score (nSPS) is 21.8. The van der Waals surface area contributed by atoms with Crippen LogP contribution in [0.3, 0.4) is 0 Å². The average molecular weight is 304 g/mol. The molecule has 1 aliphatic heterocycles. The van der Waals surface area contributed by atoms with Gasteiger partial charge in [-0.2, -0.15) is 5.10 Å². The van der Waals surface area contributed by atoms with Gasteiger partial charge in [-0.15, -0.1) is 0 Å². The number of likely N-dealkylation sites (N-methyl/N-ethyl adjacent to an activating group) is 1. The Hall–Kier alpha value is -2.02. The minimum Gasteiger partial charge on any atom is -0.336 e. The average Bonchev–Trinajstić information content (AvgIpc) is 3.07. The molecule has 0 amide bonds. The van der Waals surface area contributed by atoms with Crippen LogP contribution in [0.1, 0.15) is 12.0 Å². The van der Waals surface area contributed by atoms with E-state index in [1.165, 1.54) is 18.0 Å². The number of aromatic nitrogens is 4. The molecule has 1 aliphatic rings. The Bertz CT molecular complexity index is 623. The molecule has 22 heavy (non-hydrogen) atoms. The largest absolute Gasteiger partial charge is 0.336 e. The van der Waals surface area contributed by atoms with Gasteiger partial charge in [-0.05, 0) is 32.5 Å². The second kappa shape index (κ2) is 6.00. The fourth-order valence-corrected chi connectivity index (χ4v) is 3.21. The fraction of sp³-hybridized carbons (Fsp3) is 0.533. The van der Waals surface area contributed by atoms with Gasteiger partial charge in [0.15, 0.2) is 5.82 Å². The summed E-state index contributed by atoms with van der Waals surface area (Å²) in [5.41, 5.74) is 1.19. The summed E-state index contributed by atoms with van der Waals surface area (Å²) < 4.78 is 14.9. The highest BCUT2D eigenvalue weighted by atomic mass is 19.1. The van der Waals surface area contributed by atoms with E-state index in [4.69, 9.17) is 0 Å². The lowest BCUT2D eigenvalue weighted by molar-refractivity contribution is 0.273. The Kier molecular flexibility index (Phi) is 4.06. The van der Waals surface area contributed by atoms with Crippen LogP contribution in [0.25, 0.3) is 0 Å². The van der Waals surface area contributed by atoms with Gasteiger partial charge in [-0.25, -0.2) is 14.4 Å². The molecule has 7 heteroatoms. The number of rotatable bonds is 4. The Labute approximate surface area is 129 Å². The second-order valence-corrected chi connectivity index (χ2v) is 6.01. The van der Waals surface area contributed by atoms with Crippen molar-refractivity contribution in [3.05, 3.63) is 36.2 Å². The third-order valence-corrected chi connectivity index (χ3v) is 4.24. The van der Waals surface area contributed by atoms with Crippen LogP contribution >= 0.6 is 0 Å². The Balaban J connectivity index is 1.86. The van der Waals surface area contributed by atoms with Gasteiger partial charge in [0.05, 0.1) is 24.6 Å². The molecule has 1 saturated heterocycles. The topological polar surface area (TPSA) is 50.1 Å². The molecule has 3 heterocycles. The van der Waals surface area contributed by atoms with Crippen molar-refractivity contribution in [3.63, 3.8) is 0 Å². The quantitative estimate of drug-likeness (QED) is 0.846. The van der Waals surface area contributed by atoms with Crippen LogP contribution in [-0.2, 0) is 13.5 Å². The number of hydrogen-bond acceptors (Lipinski definition) is 5. The number of halogens is 1. The molecule has 0 aromatic carbocycles. The molecule has 0 saturated carbocycles. The lowest BCUT2D eigenvalue weighted by Crippen LogP contribution is -2.44. The summed E-state index contributed by atoms with van der Waals surface area (Å²) >= 11 is 0. The first-order valence-electron chi connectivity index (χ1n) is 7.42. The van der Waals surface area contributed by atoms with E-state index in [0.29, 0.717) is 12.0 Å². The number of anilines is 1. The summed E-state index contributed by atoms with van der Waals surface area (Å²) in [6.45, 7) is 0.874. The van der Waals surface area contributed by atoms with Crippen LogP contribution in [0.15, 0.2) is 24.8 Å². The van der Waals surface area contributed by atoms with Crippen molar-refractivity contribution in [1.29, 1.82) is 0 Å². The molecular weight excluding hydrogens is 283 g/mol. The van der Waals surface area contributed by atoms with Crippen molar-refractivity contribution in [2.75, 3.05) is 25.5 Å². The standard InChI is InChI=1S/C15H21FN6/c1-20(2)13-4-5-22(15-17-8-12(16)9-18-15)14(13)6-11-7-19-21(3)10-11/h7-10,13-14H,4-6H2,1-3H3/t13-,14+/m1/s1. The van der Waals surface area contributed by atoms with E-state index in [1.54, 1.807) is 0 Å². The molecule has 1 fully saturated rings. The maximum absolute atomic E-state index is 13.1. The second-order valence-electron chi connectivity index (χ2n) is 6.01. The van der Waals surface area contributed by atoms with Crippen LogP contribution in [0, 0.1) is 5.82 Å². The van der Waals surface area contributed by atoms with Crippen molar-refractivity contribution in [3.8, 4) is 0 Å².